The van der Waals surface area contributed by atoms with Gasteiger partial charge in [-0.2, -0.15) is 5.10 Å². The summed E-state index contributed by atoms with van der Waals surface area (Å²) in [5.74, 6) is 0.492. The molecule has 29 heavy (non-hydrogen) atoms. The third-order valence-electron chi connectivity index (χ3n) is 5.86. The van der Waals surface area contributed by atoms with Crippen molar-refractivity contribution in [2.75, 3.05) is 19.6 Å². The molecule has 2 aliphatic rings. The quantitative estimate of drug-likeness (QED) is 0.675. The second-order valence-corrected chi connectivity index (χ2v) is 8.44. The van der Waals surface area contributed by atoms with Gasteiger partial charge in [-0.3, -0.25) is 19.6 Å². The van der Waals surface area contributed by atoms with Crippen LogP contribution in [-0.4, -0.2) is 62.1 Å². The van der Waals surface area contributed by atoms with E-state index in [4.69, 9.17) is 0 Å². The monoisotopic (exact) mass is 399 g/mol. The Hall–Kier alpha value is -2.68. The Bertz CT molecular complexity index is 850. The number of aromatic nitrogens is 4. The van der Waals surface area contributed by atoms with E-state index in [1.807, 2.05) is 11.0 Å². The summed E-state index contributed by atoms with van der Waals surface area (Å²) in [4.78, 5) is 35.0. The van der Waals surface area contributed by atoms with E-state index in [9.17, 15) is 9.59 Å². The Morgan fingerprint density at radius 1 is 1.34 bits per heavy atom. The Kier molecular flexibility index (Phi) is 5.40. The normalized spacial score (nSPS) is 20.7. The van der Waals surface area contributed by atoms with Crippen molar-refractivity contribution in [1.82, 2.24) is 35.3 Å². The lowest BCUT2D eigenvalue weighted by Crippen LogP contribution is -2.62. The van der Waals surface area contributed by atoms with Crippen molar-refractivity contribution >= 4 is 11.8 Å². The van der Waals surface area contributed by atoms with Crippen LogP contribution in [0.2, 0.25) is 0 Å². The number of imidazole rings is 1. The Labute approximate surface area is 170 Å². The SMILES string of the molecule is CC(C)CNC(=O)[C@@H]1Cc2[nH]cnc2C2(CCN(C(=O)Cn3cccn3)CC2)N1. The van der Waals surface area contributed by atoms with Gasteiger partial charge in [0, 0.05) is 44.1 Å². The zero-order valence-electron chi connectivity index (χ0n) is 17.0. The minimum Gasteiger partial charge on any atom is -0.354 e. The molecule has 0 bridgehead atoms. The lowest BCUT2D eigenvalue weighted by molar-refractivity contribution is -0.134. The number of hydrogen-bond acceptors (Lipinski definition) is 5. The predicted molar refractivity (Wildman–Crippen MR) is 107 cm³/mol. The Morgan fingerprint density at radius 3 is 2.83 bits per heavy atom. The first-order chi connectivity index (χ1) is 14.0. The number of carbonyl (C=O) groups excluding carboxylic acids is 2. The van der Waals surface area contributed by atoms with Crippen molar-refractivity contribution in [3.05, 3.63) is 36.2 Å². The third kappa shape index (κ3) is 4.05. The van der Waals surface area contributed by atoms with Gasteiger partial charge >= 0.3 is 0 Å². The highest BCUT2D eigenvalue weighted by molar-refractivity contribution is 5.82. The lowest BCUT2D eigenvalue weighted by Gasteiger charge is -2.46. The van der Waals surface area contributed by atoms with E-state index in [2.05, 4.69) is 39.5 Å². The van der Waals surface area contributed by atoms with Crippen LogP contribution in [0.15, 0.2) is 24.8 Å². The minimum absolute atomic E-state index is 0.0236. The number of hydrogen-bond donors (Lipinski definition) is 3. The third-order valence-corrected chi connectivity index (χ3v) is 5.86. The van der Waals surface area contributed by atoms with Crippen LogP contribution < -0.4 is 10.6 Å². The molecule has 3 N–H and O–H groups in total. The number of rotatable bonds is 5. The van der Waals surface area contributed by atoms with Crippen LogP contribution in [0.3, 0.4) is 0 Å². The number of likely N-dealkylation sites (tertiary alicyclic amines) is 1. The molecule has 0 saturated carbocycles. The van der Waals surface area contributed by atoms with Crippen molar-refractivity contribution in [3.8, 4) is 0 Å². The largest absolute Gasteiger partial charge is 0.354 e. The van der Waals surface area contributed by atoms with E-state index >= 15 is 0 Å². The fraction of sp³-hybridized carbons (Fsp3) is 0.600. The fourth-order valence-electron chi connectivity index (χ4n) is 4.28. The first-order valence-corrected chi connectivity index (χ1v) is 10.3. The van der Waals surface area contributed by atoms with Crippen LogP contribution in [0, 0.1) is 5.92 Å². The van der Waals surface area contributed by atoms with Gasteiger partial charge in [-0.15, -0.1) is 0 Å². The average molecular weight is 399 g/mol. The van der Waals surface area contributed by atoms with Crippen LogP contribution in [0.4, 0.5) is 0 Å². The number of piperidine rings is 1. The second-order valence-electron chi connectivity index (χ2n) is 8.44. The number of amides is 2. The zero-order valence-corrected chi connectivity index (χ0v) is 17.0. The number of carbonyl (C=O) groups is 2. The van der Waals surface area contributed by atoms with E-state index in [0.29, 0.717) is 32.0 Å². The highest BCUT2D eigenvalue weighted by Gasteiger charge is 2.46. The summed E-state index contributed by atoms with van der Waals surface area (Å²) in [6.45, 7) is 6.33. The van der Waals surface area contributed by atoms with E-state index in [1.165, 1.54) is 0 Å². The Balaban J connectivity index is 1.44. The van der Waals surface area contributed by atoms with Crippen LogP contribution >= 0.6 is 0 Å². The molecular formula is C20H29N7O2. The minimum atomic E-state index is -0.379. The molecule has 4 heterocycles. The molecule has 9 nitrogen and oxygen atoms in total. The number of H-pyrrole nitrogens is 1. The smallest absolute Gasteiger partial charge is 0.244 e. The summed E-state index contributed by atoms with van der Waals surface area (Å²) >= 11 is 0. The van der Waals surface area contributed by atoms with Crippen LogP contribution in [0.25, 0.3) is 0 Å². The number of fused-ring (bicyclic) bond motifs is 2. The number of nitrogens with zero attached hydrogens (tertiary/aromatic N) is 4. The molecule has 0 radical (unpaired) electrons. The van der Waals surface area contributed by atoms with Crippen LogP contribution in [-0.2, 0) is 28.1 Å². The first-order valence-electron chi connectivity index (χ1n) is 10.3. The van der Waals surface area contributed by atoms with Gasteiger partial charge in [0.05, 0.1) is 23.6 Å². The zero-order chi connectivity index (χ0) is 20.4. The van der Waals surface area contributed by atoms with E-state index in [-0.39, 0.29) is 29.9 Å². The molecular weight excluding hydrogens is 370 g/mol. The van der Waals surface area contributed by atoms with Gasteiger partial charge in [0.15, 0.2) is 0 Å². The highest BCUT2D eigenvalue weighted by Crippen LogP contribution is 2.37. The van der Waals surface area contributed by atoms with Gasteiger partial charge in [0.25, 0.3) is 0 Å². The van der Waals surface area contributed by atoms with Crippen molar-refractivity contribution in [2.24, 2.45) is 5.92 Å². The molecule has 2 aliphatic heterocycles. The number of nitrogens with one attached hydrogen (secondary N) is 3. The predicted octanol–water partition coefficient (Wildman–Crippen LogP) is 0.411. The molecule has 9 heteroatoms. The van der Waals surface area contributed by atoms with Gasteiger partial charge in [-0.1, -0.05) is 13.8 Å². The standard InChI is InChI=1S/C20H29N7O2/c1-14(2)11-21-19(29)16-10-15-18(23-13-22-15)20(25-16)4-8-26(9-5-20)17(28)12-27-7-3-6-24-27/h3,6-7,13-14,16,25H,4-5,8-12H2,1-2H3,(H,21,29)(H,22,23)/t16-/m0/s1. The topological polar surface area (TPSA) is 108 Å². The van der Waals surface area contributed by atoms with Gasteiger partial charge in [0.2, 0.25) is 11.8 Å². The first kappa shape index (κ1) is 19.6. The average Bonchev–Trinajstić information content (AvgIpc) is 3.38. The number of aromatic amines is 1. The summed E-state index contributed by atoms with van der Waals surface area (Å²) in [6, 6.07) is 1.52. The van der Waals surface area contributed by atoms with E-state index in [1.54, 1.807) is 23.4 Å². The summed E-state index contributed by atoms with van der Waals surface area (Å²) < 4.78 is 1.65. The molecule has 1 saturated heterocycles. The van der Waals surface area contributed by atoms with Crippen molar-refractivity contribution in [3.63, 3.8) is 0 Å². The van der Waals surface area contributed by atoms with Gasteiger partial charge in [-0.25, -0.2) is 4.98 Å². The van der Waals surface area contributed by atoms with E-state index in [0.717, 1.165) is 24.2 Å². The van der Waals surface area contributed by atoms with Crippen molar-refractivity contribution < 1.29 is 9.59 Å². The van der Waals surface area contributed by atoms with Crippen LogP contribution in [0.1, 0.15) is 38.1 Å². The van der Waals surface area contributed by atoms with E-state index < -0.39 is 0 Å². The summed E-state index contributed by atoms with van der Waals surface area (Å²) in [5, 5.41) is 10.7. The summed E-state index contributed by atoms with van der Waals surface area (Å²) in [5.41, 5.74) is 1.63. The van der Waals surface area contributed by atoms with Gasteiger partial charge in [0.1, 0.15) is 6.54 Å². The van der Waals surface area contributed by atoms with Crippen molar-refractivity contribution in [2.45, 2.75) is 51.2 Å². The lowest BCUT2D eigenvalue weighted by atomic mass is 9.78. The maximum atomic E-state index is 12.7. The molecule has 0 unspecified atom stereocenters. The molecule has 156 valence electrons. The molecule has 4 rings (SSSR count). The summed E-state index contributed by atoms with van der Waals surface area (Å²) in [7, 11) is 0. The molecule has 2 aromatic rings. The maximum absolute atomic E-state index is 12.7. The molecule has 0 aromatic carbocycles. The van der Waals surface area contributed by atoms with Crippen molar-refractivity contribution in [1.29, 1.82) is 0 Å². The Morgan fingerprint density at radius 2 is 2.14 bits per heavy atom. The second kappa shape index (κ2) is 7.98. The highest BCUT2D eigenvalue weighted by atomic mass is 16.2. The van der Waals surface area contributed by atoms with Gasteiger partial charge in [-0.05, 0) is 24.8 Å². The molecule has 1 atom stereocenters. The maximum Gasteiger partial charge on any atom is 0.244 e. The molecule has 1 spiro atoms. The molecule has 2 aromatic heterocycles. The molecule has 0 aliphatic carbocycles. The fourth-order valence-corrected chi connectivity index (χ4v) is 4.28. The van der Waals surface area contributed by atoms with Gasteiger partial charge < -0.3 is 15.2 Å². The molecule has 1 fully saturated rings. The summed E-state index contributed by atoms with van der Waals surface area (Å²) in [6.07, 6.45) is 7.23. The molecule has 2 amide bonds. The van der Waals surface area contributed by atoms with Crippen LogP contribution in [0.5, 0.6) is 0 Å².